The molecule has 2 heterocycles. The fourth-order valence-electron chi connectivity index (χ4n) is 2.68. The number of sulfonamides is 1. The van der Waals surface area contributed by atoms with Gasteiger partial charge in [-0.25, -0.2) is 17.9 Å². The molecule has 1 aromatic heterocycles. The summed E-state index contributed by atoms with van der Waals surface area (Å²) in [6.45, 7) is 0.995. The molecule has 1 aromatic carbocycles. The quantitative estimate of drug-likeness (QED) is 0.729. The Morgan fingerprint density at radius 3 is 2.62 bits per heavy atom. The van der Waals surface area contributed by atoms with Gasteiger partial charge in [0, 0.05) is 25.9 Å². The molecule has 0 unspecified atom stereocenters. The van der Waals surface area contributed by atoms with E-state index in [9.17, 15) is 18.3 Å². The lowest BCUT2D eigenvalue weighted by atomic mass is 10.2. The number of hydrogen-bond donors (Lipinski definition) is 2. The molecule has 2 N–H and O–H groups in total. The van der Waals surface area contributed by atoms with Crippen LogP contribution in [0.25, 0.3) is 5.69 Å². The molecule has 0 spiro atoms. The van der Waals surface area contributed by atoms with Crippen molar-refractivity contribution < 1.29 is 28.2 Å². The number of aliphatic hydroxyl groups is 1. The molecule has 1 saturated heterocycles. The molecule has 3 rings (SSSR count). The highest BCUT2D eigenvalue weighted by atomic mass is 32.2. The van der Waals surface area contributed by atoms with E-state index in [1.54, 1.807) is 12.4 Å². The van der Waals surface area contributed by atoms with Crippen LogP contribution in [0, 0.1) is 0 Å². The Hall–Kier alpha value is -2.27. The van der Waals surface area contributed by atoms with Gasteiger partial charge < -0.3 is 14.9 Å². The molecule has 0 amide bonds. The van der Waals surface area contributed by atoms with Gasteiger partial charge in [-0.15, -0.1) is 0 Å². The molecule has 26 heavy (non-hydrogen) atoms. The molecule has 1 fully saturated rings. The van der Waals surface area contributed by atoms with E-state index in [2.05, 4.69) is 5.10 Å². The highest BCUT2D eigenvalue weighted by molar-refractivity contribution is 7.89. The first kappa shape index (κ1) is 18.5. The maximum atomic E-state index is 12.9. The fourth-order valence-corrected chi connectivity index (χ4v) is 4.16. The minimum Gasteiger partial charge on any atom is -0.478 e. The van der Waals surface area contributed by atoms with Crippen LogP contribution in [0.2, 0.25) is 0 Å². The summed E-state index contributed by atoms with van der Waals surface area (Å²) in [6.07, 6.45) is 3.57. The maximum Gasteiger partial charge on any atom is 0.335 e. The van der Waals surface area contributed by atoms with Crippen molar-refractivity contribution in [1.82, 2.24) is 14.1 Å². The zero-order chi connectivity index (χ0) is 18.7. The highest BCUT2D eigenvalue weighted by Gasteiger charge is 2.28. The first-order valence-corrected chi connectivity index (χ1v) is 9.47. The van der Waals surface area contributed by atoms with Gasteiger partial charge in [-0.05, 0) is 30.2 Å². The van der Waals surface area contributed by atoms with E-state index in [4.69, 9.17) is 9.84 Å². The van der Waals surface area contributed by atoms with Gasteiger partial charge in [0.05, 0.1) is 35.6 Å². The van der Waals surface area contributed by atoms with E-state index in [1.807, 2.05) is 0 Å². The lowest BCUT2D eigenvalue weighted by molar-refractivity contribution is 0.0696. The molecule has 140 valence electrons. The van der Waals surface area contributed by atoms with Gasteiger partial charge >= 0.3 is 5.97 Å². The molecule has 1 aliphatic rings. The van der Waals surface area contributed by atoms with Crippen molar-refractivity contribution in [3.05, 3.63) is 41.7 Å². The average Bonchev–Trinajstić information content (AvgIpc) is 3.11. The SMILES string of the molecule is O=C(O)c1cc(-n2cc(CCO)cn2)cc(S(=O)(=O)N2CCOCC2)c1. The highest BCUT2D eigenvalue weighted by Crippen LogP contribution is 2.23. The van der Waals surface area contributed by atoms with Crippen LogP contribution in [0.5, 0.6) is 0 Å². The number of rotatable bonds is 6. The van der Waals surface area contributed by atoms with Crippen LogP contribution in [0.4, 0.5) is 0 Å². The summed E-state index contributed by atoms with van der Waals surface area (Å²) in [5, 5.41) is 22.5. The third-order valence-electron chi connectivity index (χ3n) is 4.05. The minimum absolute atomic E-state index is 0.0441. The van der Waals surface area contributed by atoms with Gasteiger partial charge in [-0.1, -0.05) is 0 Å². The molecule has 0 radical (unpaired) electrons. The number of carboxylic acids is 1. The summed E-state index contributed by atoms with van der Waals surface area (Å²) in [5.74, 6) is -1.23. The molecule has 0 bridgehead atoms. The van der Waals surface area contributed by atoms with Gasteiger partial charge in [0.1, 0.15) is 0 Å². The number of aromatic nitrogens is 2. The Labute approximate surface area is 150 Å². The Kier molecular flexibility index (Phi) is 5.37. The van der Waals surface area contributed by atoms with Crippen molar-refractivity contribution in [2.45, 2.75) is 11.3 Å². The third-order valence-corrected chi connectivity index (χ3v) is 5.92. The minimum atomic E-state index is -3.84. The molecule has 0 atom stereocenters. The monoisotopic (exact) mass is 381 g/mol. The molecule has 9 nitrogen and oxygen atoms in total. The van der Waals surface area contributed by atoms with Crippen LogP contribution in [-0.4, -0.2) is 71.6 Å². The number of nitrogens with zero attached hydrogens (tertiary/aromatic N) is 3. The molecular formula is C16H19N3O6S. The first-order chi connectivity index (χ1) is 12.4. The van der Waals surface area contributed by atoms with Crippen LogP contribution in [0.1, 0.15) is 15.9 Å². The number of morpholine rings is 1. The Morgan fingerprint density at radius 1 is 1.23 bits per heavy atom. The van der Waals surface area contributed by atoms with Crippen LogP contribution in [0.3, 0.4) is 0 Å². The number of aromatic carboxylic acids is 1. The molecule has 10 heteroatoms. The second-order valence-corrected chi connectivity index (χ2v) is 7.74. The Bertz CT molecular complexity index is 902. The number of carboxylic acid groups (broad SMARTS) is 1. The predicted molar refractivity (Wildman–Crippen MR) is 90.9 cm³/mol. The zero-order valence-electron chi connectivity index (χ0n) is 13.9. The summed E-state index contributed by atoms with van der Waals surface area (Å²) < 4.78 is 33.6. The van der Waals surface area contributed by atoms with Crippen LogP contribution in [0.15, 0.2) is 35.5 Å². The van der Waals surface area contributed by atoms with Gasteiger partial charge in [-0.2, -0.15) is 9.40 Å². The predicted octanol–water partition coefficient (Wildman–Crippen LogP) is 0.126. The Morgan fingerprint density at radius 2 is 1.96 bits per heavy atom. The average molecular weight is 381 g/mol. The van der Waals surface area contributed by atoms with Crippen molar-refractivity contribution in [1.29, 1.82) is 0 Å². The largest absolute Gasteiger partial charge is 0.478 e. The number of carbonyl (C=O) groups is 1. The second-order valence-electron chi connectivity index (χ2n) is 5.80. The zero-order valence-corrected chi connectivity index (χ0v) is 14.7. The van der Waals surface area contributed by atoms with Crippen molar-refractivity contribution in [3.63, 3.8) is 0 Å². The normalized spacial score (nSPS) is 15.9. The molecular weight excluding hydrogens is 362 g/mol. The number of benzene rings is 1. The van der Waals surface area contributed by atoms with Crippen molar-refractivity contribution in [2.24, 2.45) is 0 Å². The van der Waals surface area contributed by atoms with Crippen LogP contribution >= 0.6 is 0 Å². The van der Waals surface area contributed by atoms with E-state index < -0.39 is 16.0 Å². The summed E-state index contributed by atoms with van der Waals surface area (Å²) in [6, 6.07) is 3.90. The number of aliphatic hydroxyl groups excluding tert-OH is 1. The molecule has 0 aliphatic carbocycles. The summed E-state index contributed by atoms with van der Waals surface area (Å²) in [4.78, 5) is 11.4. The van der Waals surface area contributed by atoms with E-state index in [0.717, 1.165) is 11.6 Å². The lowest BCUT2D eigenvalue weighted by Gasteiger charge is -2.26. The van der Waals surface area contributed by atoms with Crippen LogP contribution < -0.4 is 0 Å². The van der Waals surface area contributed by atoms with E-state index in [0.29, 0.717) is 25.3 Å². The van der Waals surface area contributed by atoms with Gasteiger partial charge in [-0.3, -0.25) is 0 Å². The number of ether oxygens (including phenoxy) is 1. The third kappa shape index (κ3) is 3.78. The fraction of sp³-hybridized carbons (Fsp3) is 0.375. The lowest BCUT2D eigenvalue weighted by Crippen LogP contribution is -2.40. The van der Waals surface area contributed by atoms with Gasteiger partial charge in [0.2, 0.25) is 10.0 Å². The van der Waals surface area contributed by atoms with Crippen molar-refractivity contribution in [2.75, 3.05) is 32.9 Å². The molecule has 1 aliphatic heterocycles. The van der Waals surface area contributed by atoms with Gasteiger partial charge in [0.15, 0.2) is 0 Å². The number of hydrogen-bond acceptors (Lipinski definition) is 6. The standard InChI is InChI=1S/C16H19N3O6S/c20-4-1-12-10-17-19(11-12)14-7-13(16(21)22)8-15(9-14)26(23,24)18-2-5-25-6-3-18/h7-11,20H,1-6H2,(H,21,22). The summed E-state index contributed by atoms with van der Waals surface area (Å²) in [5.41, 5.74) is 0.931. The Balaban J connectivity index is 2.04. The second kappa shape index (κ2) is 7.54. The smallest absolute Gasteiger partial charge is 0.335 e. The maximum absolute atomic E-state index is 12.9. The first-order valence-electron chi connectivity index (χ1n) is 8.03. The van der Waals surface area contributed by atoms with Crippen LogP contribution in [-0.2, 0) is 21.2 Å². The molecule has 2 aromatic rings. The van der Waals surface area contributed by atoms with Crippen molar-refractivity contribution >= 4 is 16.0 Å². The summed E-state index contributed by atoms with van der Waals surface area (Å²) in [7, 11) is -3.84. The van der Waals surface area contributed by atoms with Gasteiger partial charge in [0.25, 0.3) is 0 Å². The summed E-state index contributed by atoms with van der Waals surface area (Å²) >= 11 is 0. The van der Waals surface area contributed by atoms with E-state index >= 15 is 0 Å². The van der Waals surface area contributed by atoms with Crippen molar-refractivity contribution in [3.8, 4) is 5.69 Å². The van der Waals surface area contributed by atoms with E-state index in [-0.39, 0.29) is 30.2 Å². The van der Waals surface area contributed by atoms with E-state index in [1.165, 1.54) is 21.1 Å². The topological polar surface area (TPSA) is 122 Å². The molecule has 0 saturated carbocycles.